The highest BCUT2D eigenvalue weighted by Gasteiger charge is 2.32. The molecule has 1 aromatic rings. The molecule has 0 spiro atoms. The summed E-state index contributed by atoms with van der Waals surface area (Å²) in [4.78, 5) is 1.78. The standard InChI is InChI=1S/C13H16F4N2/c1-8-6-10(18)4-5-19(8)12-3-2-9(7-11(12)14)13(15,16)17/h2-3,7-8,10H,4-6,18H2,1H3. The first-order chi connectivity index (χ1) is 8.79. The van der Waals surface area contributed by atoms with E-state index in [2.05, 4.69) is 0 Å². The van der Waals surface area contributed by atoms with E-state index in [-0.39, 0.29) is 17.8 Å². The molecule has 0 aliphatic carbocycles. The number of piperidine rings is 1. The quantitative estimate of drug-likeness (QED) is 0.798. The molecule has 2 unspecified atom stereocenters. The van der Waals surface area contributed by atoms with Gasteiger partial charge in [0, 0.05) is 18.6 Å². The minimum atomic E-state index is -4.52. The lowest BCUT2D eigenvalue weighted by atomic mass is 9.98. The maximum Gasteiger partial charge on any atom is 0.416 e. The van der Waals surface area contributed by atoms with Gasteiger partial charge in [-0.05, 0) is 38.0 Å². The van der Waals surface area contributed by atoms with Crippen molar-refractivity contribution in [3.8, 4) is 0 Å². The Balaban J connectivity index is 2.26. The molecule has 2 nitrogen and oxygen atoms in total. The zero-order valence-electron chi connectivity index (χ0n) is 10.5. The molecule has 0 bridgehead atoms. The number of anilines is 1. The predicted octanol–water partition coefficient (Wildman–Crippen LogP) is 3.16. The van der Waals surface area contributed by atoms with E-state index in [0.29, 0.717) is 25.5 Å². The van der Waals surface area contributed by atoms with Crippen LogP contribution in [0.1, 0.15) is 25.3 Å². The summed E-state index contributed by atoms with van der Waals surface area (Å²) in [5.41, 5.74) is 5.07. The Morgan fingerprint density at radius 3 is 2.53 bits per heavy atom. The topological polar surface area (TPSA) is 29.3 Å². The van der Waals surface area contributed by atoms with Crippen LogP contribution in [0.5, 0.6) is 0 Å². The molecule has 1 saturated heterocycles. The normalized spacial score (nSPS) is 24.6. The summed E-state index contributed by atoms with van der Waals surface area (Å²) in [5, 5.41) is 0. The highest BCUT2D eigenvalue weighted by Crippen LogP contribution is 2.33. The van der Waals surface area contributed by atoms with Crippen molar-refractivity contribution in [2.75, 3.05) is 11.4 Å². The number of nitrogens with two attached hydrogens (primary N) is 1. The van der Waals surface area contributed by atoms with E-state index in [1.165, 1.54) is 6.07 Å². The average molecular weight is 276 g/mol. The van der Waals surface area contributed by atoms with Gasteiger partial charge >= 0.3 is 6.18 Å². The summed E-state index contributed by atoms with van der Waals surface area (Å²) in [6, 6.07) is 2.76. The maximum absolute atomic E-state index is 13.9. The first-order valence-corrected chi connectivity index (χ1v) is 6.18. The highest BCUT2D eigenvalue weighted by atomic mass is 19.4. The summed E-state index contributed by atoms with van der Waals surface area (Å²) < 4.78 is 51.3. The number of halogens is 4. The van der Waals surface area contributed by atoms with E-state index < -0.39 is 17.6 Å². The molecule has 6 heteroatoms. The number of benzene rings is 1. The lowest BCUT2D eigenvalue weighted by molar-refractivity contribution is -0.137. The molecule has 19 heavy (non-hydrogen) atoms. The molecule has 1 aromatic carbocycles. The van der Waals surface area contributed by atoms with Crippen LogP contribution in [0, 0.1) is 5.82 Å². The van der Waals surface area contributed by atoms with Gasteiger partial charge in [0.2, 0.25) is 0 Å². The van der Waals surface area contributed by atoms with Crippen LogP contribution in [0.2, 0.25) is 0 Å². The first kappa shape index (κ1) is 14.1. The second-order valence-electron chi connectivity index (χ2n) is 4.99. The number of nitrogens with zero attached hydrogens (tertiary/aromatic N) is 1. The van der Waals surface area contributed by atoms with Crippen LogP contribution in [0.3, 0.4) is 0 Å². The Labute approximate surface area is 109 Å². The third-order valence-corrected chi connectivity index (χ3v) is 3.50. The summed E-state index contributed by atoms with van der Waals surface area (Å²) in [5.74, 6) is -0.836. The molecule has 2 atom stereocenters. The molecule has 0 saturated carbocycles. The molecular weight excluding hydrogens is 260 g/mol. The first-order valence-electron chi connectivity index (χ1n) is 6.18. The molecule has 1 heterocycles. The van der Waals surface area contributed by atoms with Gasteiger partial charge in [-0.1, -0.05) is 0 Å². The monoisotopic (exact) mass is 276 g/mol. The predicted molar refractivity (Wildman–Crippen MR) is 65.4 cm³/mol. The SMILES string of the molecule is CC1CC(N)CCN1c1ccc(C(F)(F)F)cc1F. The van der Waals surface area contributed by atoms with Crippen LogP contribution in [0.25, 0.3) is 0 Å². The van der Waals surface area contributed by atoms with Crippen molar-refractivity contribution in [2.45, 2.75) is 38.0 Å². The fourth-order valence-electron chi connectivity index (χ4n) is 2.48. The lowest BCUT2D eigenvalue weighted by Gasteiger charge is -2.38. The fourth-order valence-corrected chi connectivity index (χ4v) is 2.48. The molecule has 2 rings (SSSR count). The number of rotatable bonds is 1. The molecule has 0 radical (unpaired) electrons. The van der Waals surface area contributed by atoms with E-state index in [1.807, 2.05) is 6.92 Å². The second-order valence-corrected chi connectivity index (χ2v) is 4.99. The third kappa shape index (κ3) is 3.00. The van der Waals surface area contributed by atoms with Gasteiger partial charge in [0.1, 0.15) is 5.82 Å². The van der Waals surface area contributed by atoms with Crippen molar-refractivity contribution < 1.29 is 17.6 Å². The average Bonchev–Trinajstić information content (AvgIpc) is 2.28. The minimum absolute atomic E-state index is 0.0231. The zero-order chi connectivity index (χ0) is 14.2. The Kier molecular flexibility index (Phi) is 3.71. The number of hydrogen-bond donors (Lipinski definition) is 1. The van der Waals surface area contributed by atoms with Crippen molar-refractivity contribution in [3.05, 3.63) is 29.6 Å². The Hall–Kier alpha value is -1.30. The molecule has 0 amide bonds. The van der Waals surface area contributed by atoms with Gasteiger partial charge < -0.3 is 10.6 Å². The van der Waals surface area contributed by atoms with E-state index in [0.717, 1.165) is 6.07 Å². The maximum atomic E-state index is 13.9. The minimum Gasteiger partial charge on any atom is -0.366 e. The smallest absolute Gasteiger partial charge is 0.366 e. The molecule has 1 fully saturated rings. The number of alkyl halides is 3. The van der Waals surface area contributed by atoms with Crippen molar-refractivity contribution in [1.82, 2.24) is 0 Å². The van der Waals surface area contributed by atoms with E-state index in [4.69, 9.17) is 5.73 Å². The fraction of sp³-hybridized carbons (Fsp3) is 0.538. The molecule has 106 valence electrons. The summed E-state index contributed by atoms with van der Waals surface area (Å²) in [7, 11) is 0. The van der Waals surface area contributed by atoms with E-state index >= 15 is 0 Å². The van der Waals surface area contributed by atoms with Crippen LogP contribution in [-0.4, -0.2) is 18.6 Å². The molecular formula is C13H16F4N2. The molecule has 2 N–H and O–H groups in total. The van der Waals surface area contributed by atoms with E-state index in [9.17, 15) is 17.6 Å². The van der Waals surface area contributed by atoms with Crippen molar-refractivity contribution in [3.63, 3.8) is 0 Å². The van der Waals surface area contributed by atoms with Gasteiger partial charge in [-0.3, -0.25) is 0 Å². The summed E-state index contributed by atoms with van der Waals surface area (Å²) in [6.07, 6.45) is -3.10. The van der Waals surface area contributed by atoms with Crippen LogP contribution in [0.15, 0.2) is 18.2 Å². The Morgan fingerprint density at radius 2 is 2.00 bits per heavy atom. The molecule has 1 aliphatic heterocycles. The van der Waals surface area contributed by atoms with Gasteiger partial charge in [0.15, 0.2) is 0 Å². The van der Waals surface area contributed by atoms with Gasteiger partial charge in [-0.25, -0.2) is 4.39 Å². The Bertz CT molecular complexity index is 458. The zero-order valence-corrected chi connectivity index (χ0v) is 10.5. The van der Waals surface area contributed by atoms with Crippen molar-refractivity contribution in [1.29, 1.82) is 0 Å². The van der Waals surface area contributed by atoms with E-state index in [1.54, 1.807) is 4.90 Å². The van der Waals surface area contributed by atoms with Gasteiger partial charge in [-0.15, -0.1) is 0 Å². The summed E-state index contributed by atoms with van der Waals surface area (Å²) in [6.45, 7) is 2.46. The van der Waals surface area contributed by atoms with Gasteiger partial charge in [0.05, 0.1) is 11.3 Å². The molecule has 0 aromatic heterocycles. The van der Waals surface area contributed by atoms with Crippen LogP contribution < -0.4 is 10.6 Å². The molecule has 1 aliphatic rings. The van der Waals surface area contributed by atoms with Gasteiger partial charge in [-0.2, -0.15) is 13.2 Å². The van der Waals surface area contributed by atoms with Crippen LogP contribution in [-0.2, 0) is 6.18 Å². The van der Waals surface area contributed by atoms with Crippen molar-refractivity contribution in [2.24, 2.45) is 5.73 Å². The van der Waals surface area contributed by atoms with Crippen molar-refractivity contribution >= 4 is 5.69 Å². The Morgan fingerprint density at radius 1 is 1.32 bits per heavy atom. The van der Waals surface area contributed by atoms with Crippen LogP contribution >= 0.6 is 0 Å². The summed E-state index contributed by atoms with van der Waals surface area (Å²) >= 11 is 0. The second kappa shape index (κ2) is 5.00. The third-order valence-electron chi connectivity index (χ3n) is 3.50. The largest absolute Gasteiger partial charge is 0.416 e. The lowest BCUT2D eigenvalue weighted by Crippen LogP contribution is -2.46. The highest BCUT2D eigenvalue weighted by molar-refractivity contribution is 5.51. The van der Waals surface area contributed by atoms with Gasteiger partial charge in [0.25, 0.3) is 0 Å². The number of hydrogen-bond acceptors (Lipinski definition) is 2. The van der Waals surface area contributed by atoms with Crippen LogP contribution in [0.4, 0.5) is 23.2 Å².